The van der Waals surface area contributed by atoms with E-state index in [1.54, 1.807) is 18.2 Å². The number of hydrogen-bond donors (Lipinski definition) is 3. The van der Waals surface area contributed by atoms with Crippen molar-refractivity contribution in [3.63, 3.8) is 0 Å². The maximum Gasteiger partial charge on any atom is 0.342 e. The van der Waals surface area contributed by atoms with Gasteiger partial charge in [0.2, 0.25) is 0 Å². The van der Waals surface area contributed by atoms with E-state index in [2.05, 4.69) is 9.97 Å². The Balaban J connectivity index is 2.24. The van der Waals surface area contributed by atoms with Crippen LogP contribution in [0.1, 0.15) is 10.4 Å². The van der Waals surface area contributed by atoms with Crippen molar-refractivity contribution < 1.29 is 19.0 Å². The average molecular weight is 387 g/mol. The number of aromatic nitrogens is 2. The molecule has 0 amide bonds. The van der Waals surface area contributed by atoms with Crippen LogP contribution in [0, 0.1) is 5.82 Å². The van der Waals surface area contributed by atoms with E-state index in [0.29, 0.717) is 21.4 Å². The highest BCUT2D eigenvalue weighted by molar-refractivity contribution is 6.32. The Bertz CT molecular complexity index is 1290. The van der Waals surface area contributed by atoms with Gasteiger partial charge < -0.3 is 19.8 Å². The second-order valence-electron chi connectivity index (χ2n) is 5.90. The molecule has 27 heavy (non-hydrogen) atoms. The summed E-state index contributed by atoms with van der Waals surface area (Å²) in [4.78, 5) is 29.9. The number of methoxy groups -OCH3 is 1. The zero-order valence-corrected chi connectivity index (χ0v) is 14.6. The first-order chi connectivity index (χ1) is 12.9. The summed E-state index contributed by atoms with van der Waals surface area (Å²) in [5, 5.41) is 10.6. The number of ether oxygens (including phenoxy) is 1. The van der Waals surface area contributed by atoms with Crippen molar-refractivity contribution in [1.82, 2.24) is 9.97 Å². The Morgan fingerprint density at radius 1 is 1.19 bits per heavy atom. The van der Waals surface area contributed by atoms with Crippen LogP contribution >= 0.6 is 11.6 Å². The maximum absolute atomic E-state index is 14.9. The van der Waals surface area contributed by atoms with Gasteiger partial charge in [-0.2, -0.15) is 0 Å². The van der Waals surface area contributed by atoms with Gasteiger partial charge in [-0.05, 0) is 24.3 Å². The Labute approximate surface area is 156 Å². The number of hydrogen-bond acceptors (Lipinski definition) is 3. The number of nitrogens with one attached hydrogen (secondary N) is 2. The van der Waals surface area contributed by atoms with Crippen molar-refractivity contribution >= 4 is 39.5 Å². The summed E-state index contributed by atoms with van der Waals surface area (Å²) in [6, 6.07) is 9.32. The third kappa shape index (κ3) is 2.55. The van der Waals surface area contributed by atoms with Crippen molar-refractivity contribution in [1.29, 1.82) is 0 Å². The molecule has 4 rings (SSSR count). The van der Waals surface area contributed by atoms with Gasteiger partial charge in [0.25, 0.3) is 5.56 Å². The van der Waals surface area contributed by atoms with Crippen LogP contribution in [0.25, 0.3) is 33.1 Å². The Morgan fingerprint density at radius 3 is 2.67 bits per heavy atom. The number of rotatable bonds is 3. The van der Waals surface area contributed by atoms with Crippen LogP contribution < -0.4 is 10.3 Å². The second-order valence-corrected chi connectivity index (χ2v) is 6.33. The SMILES string of the molecule is COc1cccc(-c2c(C(=O)O)c(=O)[nH]c3c2[nH]c2ccc(Cl)cc23)c1F. The van der Waals surface area contributed by atoms with Gasteiger partial charge in [0.15, 0.2) is 11.6 Å². The van der Waals surface area contributed by atoms with Gasteiger partial charge >= 0.3 is 5.97 Å². The number of benzene rings is 2. The van der Waals surface area contributed by atoms with E-state index in [4.69, 9.17) is 16.3 Å². The molecule has 0 fully saturated rings. The molecule has 0 unspecified atom stereocenters. The predicted molar refractivity (Wildman–Crippen MR) is 100 cm³/mol. The number of aromatic carboxylic acids is 1. The fourth-order valence-electron chi connectivity index (χ4n) is 3.23. The lowest BCUT2D eigenvalue weighted by Gasteiger charge is -2.11. The normalized spacial score (nSPS) is 11.2. The molecule has 0 aliphatic heterocycles. The monoisotopic (exact) mass is 386 g/mol. The highest BCUT2D eigenvalue weighted by Gasteiger charge is 2.25. The lowest BCUT2D eigenvalue weighted by molar-refractivity contribution is 0.0696. The van der Waals surface area contributed by atoms with Crippen LogP contribution in [0.2, 0.25) is 5.02 Å². The first-order valence-electron chi connectivity index (χ1n) is 7.85. The molecule has 2 aromatic heterocycles. The van der Waals surface area contributed by atoms with E-state index in [1.807, 2.05) is 0 Å². The number of H-pyrrole nitrogens is 2. The zero-order chi connectivity index (χ0) is 19.3. The summed E-state index contributed by atoms with van der Waals surface area (Å²) in [5.74, 6) is -2.28. The minimum absolute atomic E-state index is 0.0510. The molecule has 136 valence electrons. The van der Waals surface area contributed by atoms with Crippen LogP contribution in [0.15, 0.2) is 41.2 Å². The summed E-state index contributed by atoms with van der Waals surface area (Å²) in [6.45, 7) is 0. The fraction of sp³-hybridized carbons (Fsp3) is 0.0526. The van der Waals surface area contributed by atoms with E-state index in [1.165, 1.54) is 25.3 Å². The molecular formula is C19H12ClFN2O4. The van der Waals surface area contributed by atoms with E-state index in [0.717, 1.165) is 0 Å². The average Bonchev–Trinajstić information content (AvgIpc) is 2.98. The minimum atomic E-state index is -1.47. The molecule has 0 saturated carbocycles. The summed E-state index contributed by atoms with van der Waals surface area (Å²) < 4.78 is 19.9. The lowest BCUT2D eigenvalue weighted by Crippen LogP contribution is -2.19. The fourth-order valence-corrected chi connectivity index (χ4v) is 3.40. The van der Waals surface area contributed by atoms with E-state index >= 15 is 0 Å². The third-order valence-corrected chi connectivity index (χ3v) is 4.63. The Morgan fingerprint density at radius 2 is 1.96 bits per heavy atom. The molecule has 0 bridgehead atoms. The molecule has 3 N–H and O–H groups in total. The molecule has 0 aliphatic carbocycles. The smallest absolute Gasteiger partial charge is 0.342 e. The van der Waals surface area contributed by atoms with Gasteiger partial charge in [-0.1, -0.05) is 23.7 Å². The third-order valence-electron chi connectivity index (χ3n) is 4.39. The number of halogens is 2. The molecule has 4 aromatic rings. The molecule has 2 heterocycles. The highest BCUT2D eigenvalue weighted by atomic mass is 35.5. The largest absolute Gasteiger partial charge is 0.494 e. The van der Waals surface area contributed by atoms with Crippen molar-refractivity contribution in [3.05, 3.63) is 63.2 Å². The van der Waals surface area contributed by atoms with Gasteiger partial charge in [0.1, 0.15) is 5.56 Å². The second kappa shape index (κ2) is 6.14. The van der Waals surface area contributed by atoms with Crippen molar-refractivity contribution in [2.24, 2.45) is 0 Å². The molecule has 0 atom stereocenters. The van der Waals surface area contributed by atoms with E-state index < -0.39 is 22.9 Å². The van der Waals surface area contributed by atoms with Gasteiger partial charge in [0.05, 0.1) is 18.1 Å². The molecule has 0 radical (unpaired) electrons. The van der Waals surface area contributed by atoms with Crippen molar-refractivity contribution in [3.8, 4) is 16.9 Å². The quantitative estimate of drug-likeness (QED) is 0.492. The van der Waals surface area contributed by atoms with Crippen LogP contribution in [-0.2, 0) is 0 Å². The molecule has 8 heteroatoms. The molecule has 2 aromatic carbocycles. The summed E-state index contributed by atoms with van der Waals surface area (Å²) in [5.41, 5.74) is -0.251. The van der Waals surface area contributed by atoms with Crippen LogP contribution in [0.5, 0.6) is 5.75 Å². The zero-order valence-electron chi connectivity index (χ0n) is 13.9. The van der Waals surface area contributed by atoms with Gasteiger partial charge in [-0.25, -0.2) is 9.18 Å². The summed E-state index contributed by atoms with van der Waals surface area (Å²) in [7, 11) is 1.30. The van der Waals surface area contributed by atoms with Gasteiger partial charge in [0, 0.05) is 27.1 Å². The standard InChI is InChI=1S/C19H12ClFN2O4/c1-27-12-4-2-3-9(15(12)21)13-14(19(25)26)18(24)23-16-10-7-8(20)5-6-11(10)22-17(13)16/h2-7,22H,1H3,(H,23,24)(H,25,26). The first kappa shape index (κ1) is 17.1. The van der Waals surface area contributed by atoms with Crippen molar-refractivity contribution in [2.75, 3.05) is 7.11 Å². The molecular weight excluding hydrogens is 375 g/mol. The number of fused-ring (bicyclic) bond motifs is 3. The lowest BCUT2D eigenvalue weighted by atomic mass is 9.98. The molecule has 0 aliphatic rings. The predicted octanol–water partition coefficient (Wildman–Crippen LogP) is 4.18. The Hall–Kier alpha value is -3.32. The number of carbonyl (C=O) groups is 1. The van der Waals surface area contributed by atoms with Crippen LogP contribution in [-0.4, -0.2) is 28.2 Å². The van der Waals surface area contributed by atoms with E-state index in [-0.39, 0.29) is 22.4 Å². The Kier molecular flexibility index (Phi) is 3.89. The maximum atomic E-state index is 14.9. The highest BCUT2D eigenvalue weighted by Crippen LogP contribution is 2.37. The van der Waals surface area contributed by atoms with Crippen LogP contribution in [0.4, 0.5) is 4.39 Å². The van der Waals surface area contributed by atoms with E-state index in [9.17, 15) is 19.1 Å². The molecule has 0 saturated heterocycles. The number of pyridine rings is 1. The number of carboxylic acids is 1. The minimum Gasteiger partial charge on any atom is -0.494 e. The number of carboxylic acid groups (broad SMARTS) is 1. The summed E-state index contributed by atoms with van der Waals surface area (Å²) in [6.07, 6.45) is 0. The van der Waals surface area contributed by atoms with Crippen molar-refractivity contribution in [2.45, 2.75) is 0 Å². The van der Waals surface area contributed by atoms with Gasteiger partial charge in [-0.15, -0.1) is 0 Å². The molecule has 6 nitrogen and oxygen atoms in total. The van der Waals surface area contributed by atoms with Gasteiger partial charge in [-0.3, -0.25) is 4.79 Å². The first-order valence-corrected chi connectivity index (χ1v) is 8.23. The topological polar surface area (TPSA) is 95.2 Å². The number of aromatic amines is 2. The summed E-state index contributed by atoms with van der Waals surface area (Å²) >= 11 is 6.04. The molecule has 0 spiro atoms. The van der Waals surface area contributed by atoms with Crippen LogP contribution in [0.3, 0.4) is 0 Å².